The summed E-state index contributed by atoms with van der Waals surface area (Å²) in [5, 5.41) is 3.19. The van der Waals surface area contributed by atoms with Crippen LogP contribution in [0.3, 0.4) is 0 Å². The van der Waals surface area contributed by atoms with E-state index >= 15 is 0 Å². The molecule has 0 bridgehead atoms. The second-order valence-corrected chi connectivity index (χ2v) is 5.65. The van der Waals surface area contributed by atoms with Crippen molar-refractivity contribution in [2.24, 2.45) is 5.92 Å². The lowest BCUT2D eigenvalue weighted by Crippen LogP contribution is -2.40. The molecule has 1 aromatic rings. The van der Waals surface area contributed by atoms with Gasteiger partial charge in [0.05, 0.1) is 0 Å². The smallest absolute Gasteiger partial charge is 0.126 e. The van der Waals surface area contributed by atoms with E-state index in [1.807, 2.05) is 7.05 Å². The lowest BCUT2D eigenvalue weighted by molar-refractivity contribution is 0.236. The van der Waals surface area contributed by atoms with E-state index in [0.717, 1.165) is 43.9 Å². The maximum atomic E-state index is 13.4. The van der Waals surface area contributed by atoms with Crippen LogP contribution in [0.15, 0.2) is 18.2 Å². The van der Waals surface area contributed by atoms with E-state index in [-0.39, 0.29) is 5.41 Å². The van der Waals surface area contributed by atoms with Gasteiger partial charge in [-0.15, -0.1) is 0 Å². The van der Waals surface area contributed by atoms with Gasteiger partial charge in [0.1, 0.15) is 11.6 Å². The molecule has 1 nitrogen and oxygen atoms in total. The molecular formula is C15H21F2N. The summed E-state index contributed by atoms with van der Waals surface area (Å²) in [6, 6.07) is 3.94. The van der Waals surface area contributed by atoms with E-state index in [1.54, 1.807) is 0 Å². The minimum atomic E-state index is -0.473. The molecule has 18 heavy (non-hydrogen) atoms. The maximum absolute atomic E-state index is 13.4. The van der Waals surface area contributed by atoms with Gasteiger partial charge in [-0.3, -0.25) is 0 Å². The molecule has 1 saturated carbocycles. The van der Waals surface area contributed by atoms with Crippen LogP contribution in [0.2, 0.25) is 0 Å². The standard InChI is InChI=1S/C15H21F2N/c1-11-3-5-15(6-4-11,10-18-2)12-7-13(16)9-14(17)8-12/h7-9,11,18H,3-6,10H2,1-2H3. The van der Waals surface area contributed by atoms with Crippen LogP contribution in [0.25, 0.3) is 0 Å². The molecule has 0 aliphatic heterocycles. The number of rotatable bonds is 3. The molecule has 0 unspecified atom stereocenters. The van der Waals surface area contributed by atoms with Gasteiger partial charge in [-0.1, -0.05) is 6.92 Å². The Hall–Kier alpha value is -0.960. The number of nitrogens with one attached hydrogen (secondary N) is 1. The van der Waals surface area contributed by atoms with Crippen molar-refractivity contribution in [3.05, 3.63) is 35.4 Å². The Morgan fingerprint density at radius 2 is 1.72 bits per heavy atom. The second kappa shape index (κ2) is 5.35. The summed E-state index contributed by atoms with van der Waals surface area (Å²) in [6.45, 7) is 3.03. The first-order chi connectivity index (χ1) is 8.55. The van der Waals surface area contributed by atoms with Crippen LogP contribution in [0, 0.1) is 17.6 Å². The predicted molar refractivity (Wildman–Crippen MR) is 69.6 cm³/mol. The van der Waals surface area contributed by atoms with Gasteiger partial charge in [0.25, 0.3) is 0 Å². The largest absolute Gasteiger partial charge is 0.319 e. The van der Waals surface area contributed by atoms with Crippen molar-refractivity contribution in [3.63, 3.8) is 0 Å². The molecular weight excluding hydrogens is 232 g/mol. The molecule has 0 heterocycles. The third-order valence-electron chi connectivity index (χ3n) is 4.22. The molecule has 0 spiro atoms. The van der Waals surface area contributed by atoms with E-state index in [0.29, 0.717) is 5.92 Å². The minimum Gasteiger partial charge on any atom is -0.319 e. The summed E-state index contributed by atoms with van der Waals surface area (Å²) in [7, 11) is 1.90. The molecule has 1 N–H and O–H groups in total. The van der Waals surface area contributed by atoms with Crippen LogP contribution < -0.4 is 5.32 Å². The van der Waals surface area contributed by atoms with E-state index in [2.05, 4.69) is 12.2 Å². The van der Waals surface area contributed by atoms with Gasteiger partial charge in [-0.05, 0) is 56.3 Å². The van der Waals surface area contributed by atoms with E-state index in [9.17, 15) is 8.78 Å². The highest BCUT2D eigenvalue weighted by atomic mass is 19.1. The summed E-state index contributed by atoms with van der Waals surface area (Å²) < 4.78 is 26.8. The monoisotopic (exact) mass is 253 g/mol. The van der Waals surface area contributed by atoms with Gasteiger partial charge in [-0.25, -0.2) is 8.78 Å². The molecule has 0 aromatic heterocycles. The topological polar surface area (TPSA) is 12.0 Å². The van der Waals surface area contributed by atoms with Crippen LogP contribution in [0.1, 0.15) is 38.2 Å². The maximum Gasteiger partial charge on any atom is 0.126 e. The van der Waals surface area contributed by atoms with Crippen molar-refractivity contribution in [2.45, 2.75) is 38.0 Å². The molecule has 2 rings (SSSR count). The van der Waals surface area contributed by atoms with Gasteiger partial charge in [0, 0.05) is 18.0 Å². The molecule has 1 aliphatic carbocycles. The molecule has 0 atom stereocenters. The summed E-state index contributed by atoms with van der Waals surface area (Å²) >= 11 is 0. The Morgan fingerprint density at radius 3 is 2.22 bits per heavy atom. The third-order valence-corrected chi connectivity index (χ3v) is 4.22. The highest BCUT2D eigenvalue weighted by molar-refractivity contribution is 5.28. The van der Waals surface area contributed by atoms with Gasteiger partial charge in [0.15, 0.2) is 0 Å². The Labute approximate surface area is 108 Å². The minimum absolute atomic E-state index is 0.107. The average molecular weight is 253 g/mol. The van der Waals surface area contributed by atoms with Gasteiger partial charge >= 0.3 is 0 Å². The van der Waals surface area contributed by atoms with E-state index in [1.165, 1.54) is 12.1 Å². The molecule has 1 aliphatic rings. The highest BCUT2D eigenvalue weighted by Crippen LogP contribution is 2.41. The van der Waals surface area contributed by atoms with Crippen LogP contribution >= 0.6 is 0 Å². The van der Waals surface area contributed by atoms with Crippen molar-refractivity contribution in [1.82, 2.24) is 5.32 Å². The normalized spacial score (nSPS) is 28.3. The first kappa shape index (κ1) is 13.5. The first-order valence-corrected chi connectivity index (χ1v) is 6.67. The zero-order valence-electron chi connectivity index (χ0n) is 11.1. The third kappa shape index (κ3) is 2.72. The van der Waals surface area contributed by atoms with Gasteiger partial charge in [-0.2, -0.15) is 0 Å². The summed E-state index contributed by atoms with van der Waals surface area (Å²) in [6.07, 6.45) is 4.25. The van der Waals surface area contributed by atoms with Crippen LogP contribution in [0.4, 0.5) is 8.78 Å². The van der Waals surface area contributed by atoms with Gasteiger partial charge < -0.3 is 5.32 Å². The SMILES string of the molecule is CNCC1(c2cc(F)cc(F)c2)CCC(C)CC1. The fourth-order valence-electron chi connectivity index (χ4n) is 3.08. The molecule has 0 radical (unpaired) electrons. The lowest BCUT2D eigenvalue weighted by atomic mass is 9.67. The quantitative estimate of drug-likeness (QED) is 0.867. The van der Waals surface area contributed by atoms with Crippen molar-refractivity contribution in [3.8, 4) is 0 Å². The first-order valence-electron chi connectivity index (χ1n) is 6.67. The Kier molecular flexibility index (Phi) is 4.00. The molecule has 0 saturated heterocycles. The fraction of sp³-hybridized carbons (Fsp3) is 0.600. The number of hydrogen-bond donors (Lipinski definition) is 1. The van der Waals surface area contributed by atoms with E-state index in [4.69, 9.17) is 0 Å². The van der Waals surface area contributed by atoms with E-state index < -0.39 is 11.6 Å². The Balaban J connectivity index is 2.34. The summed E-state index contributed by atoms with van der Waals surface area (Å²) in [5.41, 5.74) is 0.700. The van der Waals surface area contributed by atoms with Crippen molar-refractivity contribution >= 4 is 0 Å². The molecule has 1 aromatic carbocycles. The van der Waals surface area contributed by atoms with Crippen LogP contribution in [0.5, 0.6) is 0 Å². The molecule has 100 valence electrons. The number of likely N-dealkylation sites (N-methyl/N-ethyl adjacent to an activating group) is 1. The van der Waals surface area contributed by atoms with Crippen molar-refractivity contribution in [1.29, 1.82) is 0 Å². The summed E-state index contributed by atoms with van der Waals surface area (Å²) in [4.78, 5) is 0. The zero-order valence-corrected chi connectivity index (χ0v) is 11.1. The Bertz CT molecular complexity index is 389. The van der Waals surface area contributed by atoms with Crippen molar-refractivity contribution in [2.75, 3.05) is 13.6 Å². The Morgan fingerprint density at radius 1 is 1.17 bits per heavy atom. The fourth-order valence-corrected chi connectivity index (χ4v) is 3.08. The highest BCUT2D eigenvalue weighted by Gasteiger charge is 2.35. The summed E-state index contributed by atoms with van der Waals surface area (Å²) in [5.74, 6) is -0.230. The lowest BCUT2D eigenvalue weighted by Gasteiger charge is -2.40. The van der Waals surface area contributed by atoms with Crippen LogP contribution in [-0.2, 0) is 5.41 Å². The molecule has 0 amide bonds. The van der Waals surface area contributed by atoms with Gasteiger partial charge in [0.2, 0.25) is 0 Å². The number of benzene rings is 1. The predicted octanol–water partition coefficient (Wildman–Crippen LogP) is 3.63. The average Bonchev–Trinajstić information content (AvgIpc) is 2.31. The van der Waals surface area contributed by atoms with Crippen LogP contribution in [-0.4, -0.2) is 13.6 Å². The number of hydrogen-bond acceptors (Lipinski definition) is 1. The second-order valence-electron chi connectivity index (χ2n) is 5.65. The zero-order chi connectivity index (χ0) is 13.2. The number of halogens is 2. The molecule has 1 fully saturated rings. The van der Waals surface area contributed by atoms with Crippen molar-refractivity contribution < 1.29 is 8.78 Å². The molecule has 3 heteroatoms.